The van der Waals surface area contributed by atoms with Gasteiger partial charge in [-0.1, -0.05) is 35.9 Å². The Morgan fingerprint density at radius 1 is 1.07 bits per heavy atom. The fourth-order valence-corrected chi connectivity index (χ4v) is 2.70. The molecule has 3 N–H and O–H groups in total. The van der Waals surface area contributed by atoms with Crippen LogP contribution in [0.25, 0.3) is 16.7 Å². The number of nitrogen functional groups attached to an aromatic ring is 1. The topological polar surface area (TPSA) is 125 Å². The van der Waals surface area contributed by atoms with Gasteiger partial charge in [-0.25, -0.2) is 9.97 Å². The van der Waals surface area contributed by atoms with Crippen LogP contribution in [0.1, 0.15) is 16.2 Å². The summed E-state index contributed by atoms with van der Waals surface area (Å²) in [5.74, 6) is -0.431. The van der Waals surface area contributed by atoms with Crippen molar-refractivity contribution in [1.29, 1.82) is 0 Å². The molecule has 0 aliphatic heterocycles. The summed E-state index contributed by atoms with van der Waals surface area (Å²) >= 11 is 6.10. The van der Waals surface area contributed by atoms with Crippen molar-refractivity contribution >= 4 is 34.2 Å². The van der Waals surface area contributed by atoms with Gasteiger partial charge in [0.15, 0.2) is 16.7 Å². The van der Waals surface area contributed by atoms with Gasteiger partial charge in [-0.15, -0.1) is 4.80 Å². The number of rotatable bonds is 4. The Bertz CT molecular complexity index is 1130. The Morgan fingerprint density at radius 2 is 1.85 bits per heavy atom. The number of carbonyl (C=O) groups is 1. The maximum Gasteiger partial charge on any atom is 0.274 e. The van der Waals surface area contributed by atoms with Crippen LogP contribution in [0, 0.1) is 0 Å². The van der Waals surface area contributed by atoms with E-state index >= 15 is 0 Å². The third-order valence-electron chi connectivity index (χ3n) is 3.77. The highest BCUT2D eigenvalue weighted by molar-refractivity contribution is 6.31. The molecule has 1 amide bonds. The van der Waals surface area contributed by atoms with Crippen molar-refractivity contribution in [1.82, 2.24) is 35.3 Å². The van der Waals surface area contributed by atoms with E-state index in [-0.39, 0.29) is 29.0 Å². The number of aromatic nitrogens is 6. The van der Waals surface area contributed by atoms with Gasteiger partial charge in [-0.3, -0.25) is 9.78 Å². The van der Waals surface area contributed by atoms with E-state index in [1.54, 1.807) is 0 Å². The Labute approximate surface area is 158 Å². The van der Waals surface area contributed by atoms with Crippen molar-refractivity contribution in [2.75, 3.05) is 5.73 Å². The molecule has 0 spiro atoms. The molecule has 0 fully saturated rings. The van der Waals surface area contributed by atoms with Gasteiger partial charge in [0.05, 0.1) is 30.1 Å². The van der Waals surface area contributed by atoms with Crippen LogP contribution in [0.4, 0.5) is 5.82 Å². The zero-order chi connectivity index (χ0) is 18.8. The largest absolute Gasteiger partial charge is 0.382 e. The standard InChI is InChI=1S/C17H13ClN8O/c18-14-16(26-21-7-8-22-26)25-15(19)13(24-14)17(27)20-9-11-6-5-10-3-1-2-4-12(10)23-11/h1-8H,9H2,(H2,19,25)(H,20,27). The molecule has 9 nitrogen and oxygen atoms in total. The summed E-state index contributed by atoms with van der Waals surface area (Å²) in [7, 11) is 0. The first-order valence-electron chi connectivity index (χ1n) is 7.94. The molecule has 0 radical (unpaired) electrons. The lowest BCUT2D eigenvalue weighted by Crippen LogP contribution is -2.26. The smallest absolute Gasteiger partial charge is 0.274 e. The van der Waals surface area contributed by atoms with Crippen LogP contribution in [-0.4, -0.2) is 35.9 Å². The maximum atomic E-state index is 12.4. The van der Waals surface area contributed by atoms with Crippen LogP contribution in [-0.2, 0) is 6.54 Å². The molecule has 4 aromatic rings. The molecule has 1 aromatic carbocycles. The third-order valence-corrected chi connectivity index (χ3v) is 4.03. The zero-order valence-corrected chi connectivity index (χ0v) is 14.6. The summed E-state index contributed by atoms with van der Waals surface area (Å²) < 4.78 is 0. The van der Waals surface area contributed by atoms with E-state index in [0.717, 1.165) is 10.9 Å². The molecule has 0 atom stereocenters. The SMILES string of the molecule is Nc1nc(-n2nccn2)c(Cl)nc1C(=O)NCc1ccc2ccccc2n1. The van der Waals surface area contributed by atoms with Gasteiger partial charge < -0.3 is 11.1 Å². The first kappa shape index (κ1) is 16.9. The molecule has 0 saturated heterocycles. The van der Waals surface area contributed by atoms with Gasteiger partial charge >= 0.3 is 0 Å². The molecule has 3 aromatic heterocycles. The van der Waals surface area contributed by atoms with E-state index in [2.05, 4.69) is 30.5 Å². The zero-order valence-electron chi connectivity index (χ0n) is 13.9. The second kappa shape index (κ2) is 6.96. The number of hydrogen-bond donors (Lipinski definition) is 2. The highest BCUT2D eigenvalue weighted by Gasteiger charge is 2.18. The van der Waals surface area contributed by atoms with Gasteiger partial charge in [0, 0.05) is 5.39 Å². The Kier molecular flexibility index (Phi) is 4.35. The molecular formula is C17H13ClN8O. The predicted molar refractivity (Wildman–Crippen MR) is 99.3 cm³/mol. The number of fused-ring (bicyclic) bond motifs is 1. The molecule has 0 aliphatic carbocycles. The molecule has 0 aliphatic rings. The number of benzene rings is 1. The monoisotopic (exact) mass is 380 g/mol. The quantitative estimate of drug-likeness (QED) is 0.552. The molecule has 3 heterocycles. The number of nitrogens with two attached hydrogens (primary N) is 1. The highest BCUT2D eigenvalue weighted by atomic mass is 35.5. The molecule has 27 heavy (non-hydrogen) atoms. The van der Waals surface area contributed by atoms with Gasteiger partial charge in [0.25, 0.3) is 5.91 Å². The summed E-state index contributed by atoms with van der Waals surface area (Å²) in [6, 6.07) is 11.5. The average molecular weight is 381 g/mol. The van der Waals surface area contributed by atoms with E-state index in [1.165, 1.54) is 17.2 Å². The van der Waals surface area contributed by atoms with Gasteiger partial charge in [-0.2, -0.15) is 10.2 Å². The lowest BCUT2D eigenvalue weighted by molar-refractivity contribution is 0.0946. The summed E-state index contributed by atoms with van der Waals surface area (Å²) in [5.41, 5.74) is 7.35. The fraction of sp³-hybridized carbons (Fsp3) is 0.0588. The number of hydrogen-bond acceptors (Lipinski definition) is 7. The molecule has 10 heteroatoms. The van der Waals surface area contributed by atoms with Crippen LogP contribution in [0.15, 0.2) is 48.8 Å². The van der Waals surface area contributed by atoms with Crippen LogP contribution < -0.4 is 11.1 Å². The van der Waals surface area contributed by atoms with E-state index in [0.29, 0.717) is 5.69 Å². The summed E-state index contributed by atoms with van der Waals surface area (Å²) in [6.45, 7) is 0.213. The van der Waals surface area contributed by atoms with Crippen LogP contribution in [0.5, 0.6) is 0 Å². The van der Waals surface area contributed by atoms with Gasteiger partial charge in [0.1, 0.15) is 0 Å². The number of anilines is 1. The van der Waals surface area contributed by atoms with E-state index in [9.17, 15) is 4.79 Å². The van der Waals surface area contributed by atoms with Crippen molar-refractivity contribution in [2.24, 2.45) is 0 Å². The summed E-state index contributed by atoms with van der Waals surface area (Å²) in [6.07, 6.45) is 2.93. The molecule has 0 unspecified atom stereocenters. The normalized spacial score (nSPS) is 10.9. The second-order valence-electron chi connectivity index (χ2n) is 5.57. The minimum Gasteiger partial charge on any atom is -0.382 e. The number of nitrogens with zero attached hydrogens (tertiary/aromatic N) is 6. The molecule has 0 saturated carbocycles. The maximum absolute atomic E-state index is 12.4. The Morgan fingerprint density at radius 3 is 2.67 bits per heavy atom. The summed E-state index contributed by atoms with van der Waals surface area (Å²) in [4.78, 5) is 26.2. The van der Waals surface area contributed by atoms with E-state index in [1.807, 2.05) is 36.4 Å². The van der Waals surface area contributed by atoms with E-state index in [4.69, 9.17) is 17.3 Å². The minimum atomic E-state index is -0.503. The van der Waals surface area contributed by atoms with Crippen molar-refractivity contribution in [3.8, 4) is 5.82 Å². The van der Waals surface area contributed by atoms with Crippen molar-refractivity contribution in [3.63, 3.8) is 0 Å². The lowest BCUT2D eigenvalue weighted by Gasteiger charge is -2.09. The van der Waals surface area contributed by atoms with Crippen LogP contribution in [0.3, 0.4) is 0 Å². The first-order valence-corrected chi connectivity index (χ1v) is 8.32. The second-order valence-corrected chi connectivity index (χ2v) is 5.93. The van der Waals surface area contributed by atoms with Gasteiger partial charge in [0.2, 0.25) is 5.82 Å². The Balaban J connectivity index is 1.53. The lowest BCUT2D eigenvalue weighted by atomic mass is 10.2. The first-order chi connectivity index (χ1) is 13.1. The number of amides is 1. The van der Waals surface area contributed by atoms with Crippen LogP contribution >= 0.6 is 11.6 Å². The molecule has 4 rings (SSSR count). The average Bonchev–Trinajstić information content (AvgIpc) is 3.22. The summed E-state index contributed by atoms with van der Waals surface area (Å²) in [5, 5.41) is 11.5. The fourth-order valence-electron chi connectivity index (χ4n) is 2.50. The minimum absolute atomic E-state index is 0.0330. The number of nitrogens with one attached hydrogen (secondary N) is 1. The number of pyridine rings is 1. The molecule has 0 bridgehead atoms. The Hall–Kier alpha value is -3.59. The van der Waals surface area contributed by atoms with Crippen LogP contribution in [0.2, 0.25) is 5.15 Å². The highest BCUT2D eigenvalue weighted by Crippen LogP contribution is 2.18. The number of halogens is 1. The van der Waals surface area contributed by atoms with Gasteiger partial charge in [-0.05, 0) is 12.1 Å². The van der Waals surface area contributed by atoms with Crippen molar-refractivity contribution in [2.45, 2.75) is 6.54 Å². The molecule has 134 valence electrons. The van der Waals surface area contributed by atoms with Crippen molar-refractivity contribution < 1.29 is 4.79 Å². The predicted octanol–water partition coefficient (Wildman–Crippen LogP) is 1.77. The molecular weight excluding hydrogens is 368 g/mol. The van der Waals surface area contributed by atoms with E-state index < -0.39 is 5.91 Å². The van der Waals surface area contributed by atoms with Crippen molar-refractivity contribution in [3.05, 3.63) is 65.3 Å². The third kappa shape index (κ3) is 3.40. The number of carbonyl (C=O) groups excluding carboxylic acids is 1. The number of para-hydroxylation sites is 1.